The number of anilines is 2. The zero-order chi connectivity index (χ0) is 19.1. The van der Waals surface area contributed by atoms with Gasteiger partial charge in [0, 0.05) is 20.3 Å². The number of fused-ring (bicyclic) bond motifs is 1. The van der Waals surface area contributed by atoms with Crippen LogP contribution in [0.3, 0.4) is 0 Å². The summed E-state index contributed by atoms with van der Waals surface area (Å²) in [6, 6.07) is 0.122. The molecule has 4 rings (SSSR count). The van der Waals surface area contributed by atoms with Crippen LogP contribution in [0.1, 0.15) is 47.8 Å². The quantitative estimate of drug-likeness (QED) is 0.742. The summed E-state index contributed by atoms with van der Waals surface area (Å²) < 4.78 is 29.7. The molecule has 3 aromatic heterocycles. The smallest absolute Gasteiger partial charge is 0.284 e. The fraction of sp³-hybridized carbons (Fsp3) is 0.412. The summed E-state index contributed by atoms with van der Waals surface area (Å²) in [5, 5.41) is 10.6. The molecule has 0 spiro atoms. The molecule has 1 aliphatic rings. The second-order valence-corrected chi connectivity index (χ2v) is 6.78. The third-order valence-corrected chi connectivity index (χ3v) is 4.77. The van der Waals surface area contributed by atoms with Crippen molar-refractivity contribution >= 4 is 22.9 Å². The Kier molecular flexibility index (Phi) is 4.25. The maximum absolute atomic E-state index is 13.3. The molecule has 1 saturated carbocycles. The third-order valence-electron chi connectivity index (χ3n) is 4.77. The predicted octanol–water partition coefficient (Wildman–Crippen LogP) is 2.91. The molecular formula is C17H19F2N7O. The number of hydrogen-bond donors (Lipinski definition) is 1. The lowest BCUT2D eigenvalue weighted by Gasteiger charge is -2.25. The Labute approximate surface area is 153 Å². The number of alkyl halides is 2. The van der Waals surface area contributed by atoms with Crippen molar-refractivity contribution in [3.05, 3.63) is 36.0 Å². The maximum atomic E-state index is 13.3. The standard InChI is InChI=1S/C17H19F2N7O/c1-24(2)11-6-20-16-12(7-21-26(16)8-11)17(27)22-13-9-25(10-4-3-5-10)23-14(13)15(18)19/h6-10,15H,3-5H2,1-2H3,(H,22,27). The Morgan fingerprint density at radius 2 is 2.07 bits per heavy atom. The molecule has 0 radical (unpaired) electrons. The number of aromatic nitrogens is 5. The minimum Gasteiger partial charge on any atom is -0.375 e. The van der Waals surface area contributed by atoms with Gasteiger partial charge in [0.15, 0.2) is 11.3 Å². The average molecular weight is 375 g/mol. The van der Waals surface area contributed by atoms with Crippen molar-refractivity contribution in [1.82, 2.24) is 24.4 Å². The van der Waals surface area contributed by atoms with Crippen LogP contribution in [0.5, 0.6) is 0 Å². The maximum Gasteiger partial charge on any atom is 0.284 e. The average Bonchev–Trinajstić information content (AvgIpc) is 3.16. The molecule has 1 fully saturated rings. The summed E-state index contributed by atoms with van der Waals surface area (Å²) in [4.78, 5) is 18.8. The van der Waals surface area contributed by atoms with Crippen LogP contribution < -0.4 is 10.2 Å². The van der Waals surface area contributed by atoms with Gasteiger partial charge < -0.3 is 10.2 Å². The number of nitrogens with zero attached hydrogens (tertiary/aromatic N) is 6. The van der Waals surface area contributed by atoms with E-state index in [1.165, 1.54) is 21.6 Å². The number of hydrogen-bond acceptors (Lipinski definition) is 5. The zero-order valence-corrected chi connectivity index (χ0v) is 14.9. The number of carbonyl (C=O) groups is 1. The monoisotopic (exact) mass is 375 g/mol. The summed E-state index contributed by atoms with van der Waals surface area (Å²) in [6.07, 6.45) is 6.30. The van der Waals surface area contributed by atoms with E-state index in [9.17, 15) is 13.6 Å². The topological polar surface area (TPSA) is 80.3 Å². The lowest BCUT2D eigenvalue weighted by atomic mass is 9.93. The molecule has 0 aliphatic heterocycles. The number of nitrogens with one attached hydrogen (secondary N) is 1. The van der Waals surface area contributed by atoms with E-state index in [0.717, 1.165) is 24.9 Å². The predicted molar refractivity (Wildman–Crippen MR) is 95.3 cm³/mol. The minimum atomic E-state index is -2.77. The molecule has 10 heteroatoms. The summed E-state index contributed by atoms with van der Waals surface area (Å²) in [5.74, 6) is -0.551. The van der Waals surface area contributed by atoms with E-state index >= 15 is 0 Å². The molecule has 1 amide bonds. The highest BCUT2D eigenvalue weighted by Crippen LogP contribution is 2.34. The van der Waals surface area contributed by atoms with Crippen molar-refractivity contribution in [2.45, 2.75) is 31.7 Å². The Bertz CT molecular complexity index is 990. The molecule has 0 aromatic carbocycles. The molecule has 3 heterocycles. The zero-order valence-electron chi connectivity index (χ0n) is 14.9. The largest absolute Gasteiger partial charge is 0.375 e. The van der Waals surface area contributed by atoms with Gasteiger partial charge in [0.05, 0.1) is 36.0 Å². The highest BCUT2D eigenvalue weighted by atomic mass is 19.3. The van der Waals surface area contributed by atoms with Gasteiger partial charge >= 0.3 is 0 Å². The van der Waals surface area contributed by atoms with Gasteiger partial charge in [-0.3, -0.25) is 9.48 Å². The van der Waals surface area contributed by atoms with Crippen LogP contribution in [0.15, 0.2) is 24.8 Å². The first-order valence-electron chi connectivity index (χ1n) is 8.63. The Morgan fingerprint density at radius 3 is 2.70 bits per heavy atom. The van der Waals surface area contributed by atoms with Crippen molar-refractivity contribution in [3.8, 4) is 0 Å². The summed E-state index contributed by atoms with van der Waals surface area (Å²) >= 11 is 0. The number of carbonyl (C=O) groups excluding carboxylic acids is 1. The lowest BCUT2D eigenvalue weighted by Crippen LogP contribution is -2.17. The first kappa shape index (κ1) is 17.4. The summed E-state index contributed by atoms with van der Waals surface area (Å²) in [5.41, 5.74) is 0.972. The summed E-state index contributed by atoms with van der Waals surface area (Å²) in [6.45, 7) is 0. The Morgan fingerprint density at radius 1 is 1.30 bits per heavy atom. The number of halogens is 2. The van der Waals surface area contributed by atoms with Crippen LogP contribution >= 0.6 is 0 Å². The molecule has 1 aliphatic carbocycles. The van der Waals surface area contributed by atoms with Crippen LogP contribution in [0.25, 0.3) is 5.65 Å². The van der Waals surface area contributed by atoms with Crippen LogP contribution in [-0.4, -0.2) is 44.4 Å². The Hall–Kier alpha value is -3.04. The Balaban J connectivity index is 1.62. The molecule has 8 nitrogen and oxygen atoms in total. The highest BCUT2D eigenvalue weighted by Gasteiger charge is 2.26. The molecule has 0 saturated heterocycles. The van der Waals surface area contributed by atoms with E-state index < -0.39 is 18.0 Å². The second-order valence-electron chi connectivity index (χ2n) is 6.78. The number of amides is 1. The van der Waals surface area contributed by atoms with Gasteiger partial charge in [-0.05, 0) is 19.3 Å². The van der Waals surface area contributed by atoms with Gasteiger partial charge in [0.2, 0.25) is 0 Å². The van der Waals surface area contributed by atoms with E-state index in [-0.39, 0.29) is 17.3 Å². The van der Waals surface area contributed by atoms with Crippen LogP contribution in [0.2, 0.25) is 0 Å². The van der Waals surface area contributed by atoms with Crippen molar-refractivity contribution in [1.29, 1.82) is 0 Å². The van der Waals surface area contributed by atoms with Crippen molar-refractivity contribution in [2.75, 3.05) is 24.3 Å². The van der Waals surface area contributed by atoms with E-state index in [4.69, 9.17) is 0 Å². The SMILES string of the molecule is CN(C)c1cnc2c(C(=O)Nc3cn(C4CCC4)nc3C(F)F)cnn2c1. The van der Waals surface area contributed by atoms with Crippen molar-refractivity contribution in [2.24, 2.45) is 0 Å². The molecular weight excluding hydrogens is 356 g/mol. The highest BCUT2D eigenvalue weighted by molar-refractivity contribution is 6.08. The second kappa shape index (κ2) is 6.60. The van der Waals surface area contributed by atoms with E-state index in [0.29, 0.717) is 5.65 Å². The molecule has 27 heavy (non-hydrogen) atoms. The van der Waals surface area contributed by atoms with Crippen molar-refractivity contribution < 1.29 is 13.6 Å². The van der Waals surface area contributed by atoms with Gasteiger partial charge in [-0.15, -0.1) is 0 Å². The van der Waals surface area contributed by atoms with Crippen LogP contribution in [0, 0.1) is 0 Å². The van der Waals surface area contributed by atoms with Crippen molar-refractivity contribution in [3.63, 3.8) is 0 Å². The molecule has 142 valence electrons. The fourth-order valence-corrected chi connectivity index (χ4v) is 2.95. The molecule has 0 atom stereocenters. The lowest BCUT2D eigenvalue weighted by molar-refractivity contribution is 0.102. The van der Waals surface area contributed by atoms with E-state index in [1.54, 1.807) is 12.4 Å². The molecule has 0 bridgehead atoms. The van der Waals surface area contributed by atoms with Gasteiger partial charge in [-0.1, -0.05) is 0 Å². The van der Waals surface area contributed by atoms with E-state index in [1.807, 2.05) is 19.0 Å². The molecule has 1 N–H and O–H groups in total. The summed E-state index contributed by atoms with van der Waals surface area (Å²) in [7, 11) is 3.73. The van der Waals surface area contributed by atoms with Gasteiger partial charge in [-0.2, -0.15) is 10.2 Å². The first-order chi connectivity index (χ1) is 12.9. The van der Waals surface area contributed by atoms with E-state index in [2.05, 4.69) is 20.5 Å². The van der Waals surface area contributed by atoms with Crippen LogP contribution in [-0.2, 0) is 0 Å². The van der Waals surface area contributed by atoms with Gasteiger partial charge in [0.1, 0.15) is 5.56 Å². The fourth-order valence-electron chi connectivity index (χ4n) is 2.95. The molecule has 3 aromatic rings. The van der Waals surface area contributed by atoms with Gasteiger partial charge in [-0.25, -0.2) is 18.3 Å². The van der Waals surface area contributed by atoms with Crippen LogP contribution in [0.4, 0.5) is 20.2 Å². The van der Waals surface area contributed by atoms with Gasteiger partial charge in [0.25, 0.3) is 12.3 Å². The first-order valence-corrected chi connectivity index (χ1v) is 8.63. The minimum absolute atomic E-state index is 0.0196. The normalized spacial score (nSPS) is 14.6. The molecule has 0 unspecified atom stereocenters. The third kappa shape index (κ3) is 3.11. The number of rotatable bonds is 5.